The number of aliphatic hydroxyl groups is 3. The molecular formula is C8H15IO5. The molecule has 0 aromatic carbocycles. The van der Waals surface area contributed by atoms with Crippen molar-refractivity contribution in [1.82, 2.24) is 0 Å². The summed E-state index contributed by atoms with van der Waals surface area (Å²) in [4.78, 5) is 0. The summed E-state index contributed by atoms with van der Waals surface area (Å²) in [5, 5.41) is 28.2. The van der Waals surface area contributed by atoms with Crippen molar-refractivity contribution in [3.05, 3.63) is 0 Å². The Morgan fingerprint density at radius 1 is 1.36 bits per heavy atom. The molecule has 14 heavy (non-hydrogen) atoms. The van der Waals surface area contributed by atoms with E-state index in [9.17, 15) is 10.2 Å². The first-order valence-corrected chi connectivity index (χ1v) is 5.74. The first kappa shape index (κ1) is 12.6. The summed E-state index contributed by atoms with van der Waals surface area (Å²) in [6.07, 6.45) is -3.18. The third kappa shape index (κ3) is 2.56. The van der Waals surface area contributed by atoms with Gasteiger partial charge in [0, 0.05) is 6.61 Å². The Kier molecular flexibility index (Phi) is 5.01. The van der Waals surface area contributed by atoms with Crippen LogP contribution in [0.15, 0.2) is 0 Å². The molecule has 1 rings (SSSR count). The molecule has 0 radical (unpaired) electrons. The maximum absolute atomic E-state index is 9.65. The van der Waals surface area contributed by atoms with Crippen molar-refractivity contribution in [2.75, 3.05) is 13.2 Å². The quantitative estimate of drug-likeness (QED) is 0.473. The van der Waals surface area contributed by atoms with E-state index in [-0.39, 0.29) is 6.61 Å². The van der Waals surface area contributed by atoms with Crippen LogP contribution in [0.4, 0.5) is 0 Å². The van der Waals surface area contributed by atoms with E-state index in [1.165, 1.54) is 0 Å². The molecule has 1 aliphatic rings. The molecule has 0 aromatic rings. The van der Waals surface area contributed by atoms with Crippen LogP contribution in [-0.4, -0.2) is 57.1 Å². The van der Waals surface area contributed by atoms with Crippen molar-refractivity contribution in [3.63, 3.8) is 0 Å². The van der Waals surface area contributed by atoms with Crippen LogP contribution < -0.4 is 0 Å². The Morgan fingerprint density at radius 2 is 2.00 bits per heavy atom. The Morgan fingerprint density at radius 3 is 2.50 bits per heavy atom. The van der Waals surface area contributed by atoms with E-state index in [0.29, 0.717) is 6.61 Å². The maximum atomic E-state index is 9.65. The lowest BCUT2D eigenvalue weighted by atomic mass is 10.0. The van der Waals surface area contributed by atoms with Gasteiger partial charge in [-0.15, -0.1) is 0 Å². The van der Waals surface area contributed by atoms with E-state index in [2.05, 4.69) is 0 Å². The van der Waals surface area contributed by atoms with Gasteiger partial charge in [0.2, 0.25) is 0 Å². The molecule has 1 aliphatic heterocycles. The van der Waals surface area contributed by atoms with Gasteiger partial charge in [0.1, 0.15) is 12.2 Å². The number of halogens is 1. The Balaban J connectivity index is 2.63. The predicted octanol–water partition coefficient (Wildman–Crippen LogP) is -0.735. The molecule has 5 nitrogen and oxygen atoms in total. The van der Waals surface area contributed by atoms with E-state index in [1.54, 1.807) is 6.92 Å². The Bertz CT molecular complexity index is 175. The minimum Gasteiger partial charge on any atom is -0.394 e. The van der Waals surface area contributed by atoms with Crippen molar-refractivity contribution in [2.45, 2.75) is 35.5 Å². The molecule has 0 amide bonds. The number of ether oxygens (including phenoxy) is 2. The van der Waals surface area contributed by atoms with Gasteiger partial charge in [-0.2, -0.15) is 0 Å². The molecule has 0 aliphatic carbocycles. The number of aliphatic hydroxyl groups excluding tert-OH is 3. The summed E-state index contributed by atoms with van der Waals surface area (Å²) in [7, 11) is 0. The van der Waals surface area contributed by atoms with E-state index in [4.69, 9.17) is 14.6 Å². The van der Waals surface area contributed by atoms with Crippen molar-refractivity contribution >= 4 is 22.6 Å². The van der Waals surface area contributed by atoms with Crippen molar-refractivity contribution in [3.8, 4) is 0 Å². The average Bonchev–Trinajstić information content (AvgIpc) is 2.19. The highest BCUT2D eigenvalue weighted by atomic mass is 123. The number of hydrogen-bond donors (Lipinski definition) is 3. The molecule has 0 spiro atoms. The Hall–Kier alpha value is 0.530. The van der Waals surface area contributed by atoms with Crippen LogP contribution in [0.2, 0.25) is 0 Å². The van der Waals surface area contributed by atoms with Crippen LogP contribution in [0.5, 0.6) is 0 Å². The fourth-order valence-electron chi connectivity index (χ4n) is 1.34. The molecule has 1 heterocycles. The summed E-state index contributed by atoms with van der Waals surface area (Å²) in [5.74, 6) is 0. The molecule has 1 unspecified atom stereocenters. The summed E-state index contributed by atoms with van der Waals surface area (Å²) < 4.78 is 9.95. The van der Waals surface area contributed by atoms with Crippen LogP contribution in [0, 0.1) is 0 Å². The second-order valence-electron chi connectivity index (χ2n) is 3.11. The van der Waals surface area contributed by atoms with E-state index in [0.717, 1.165) is 0 Å². The number of hydrogen-bond acceptors (Lipinski definition) is 5. The highest BCUT2D eigenvalue weighted by Crippen LogP contribution is 2.27. The zero-order valence-corrected chi connectivity index (χ0v) is 9.99. The summed E-state index contributed by atoms with van der Waals surface area (Å²) in [6, 6.07) is 0. The monoisotopic (exact) mass is 314 g/mol. The first-order chi connectivity index (χ1) is 6.61. The van der Waals surface area contributed by atoms with E-state index >= 15 is 0 Å². The van der Waals surface area contributed by atoms with Crippen molar-refractivity contribution < 1.29 is 24.8 Å². The summed E-state index contributed by atoms with van der Waals surface area (Å²) in [5.41, 5.74) is 0. The molecular weight excluding hydrogens is 299 g/mol. The lowest BCUT2D eigenvalue weighted by Crippen LogP contribution is -2.56. The summed E-state index contributed by atoms with van der Waals surface area (Å²) >= 11 is 1.93. The van der Waals surface area contributed by atoms with Gasteiger partial charge in [-0.05, 0) is 6.92 Å². The third-order valence-corrected chi connectivity index (χ3v) is 3.61. The lowest BCUT2D eigenvalue weighted by Gasteiger charge is -2.39. The topological polar surface area (TPSA) is 79.2 Å². The van der Waals surface area contributed by atoms with Crippen molar-refractivity contribution in [1.29, 1.82) is 0 Å². The smallest absolute Gasteiger partial charge is 0.185 e. The fraction of sp³-hybridized carbons (Fsp3) is 1.00. The minimum absolute atomic E-state index is 0.281. The van der Waals surface area contributed by atoms with Gasteiger partial charge in [0.15, 0.2) is 6.29 Å². The van der Waals surface area contributed by atoms with Gasteiger partial charge in [-0.3, -0.25) is 0 Å². The second-order valence-corrected chi connectivity index (χ2v) is 4.54. The number of alkyl halides is 1. The molecule has 3 N–H and O–H groups in total. The normalized spacial score (nSPS) is 43.9. The molecule has 0 saturated carbocycles. The lowest BCUT2D eigenvalue weighted by molar-refractivity contribution is -0.263. The molecule has 84 valence electrons. The standard InChI is InChI=1S/C8H15IO5/c1-2-13-8-7(12)5(9)6(11)4(3-10)14-8/h4-8,10-12H,2-3H2,1H3/t4-,5+,6+,7-,8?/m1/s1/i9-4. The van der Waals surface area contributed by atoms with Gasteiger partial charge in [0.05, 0.1) is 16.6 Å². The zero-order chi connectivity index (χ0) is 10.7. The molecule has 0 aromatic heterocycles. The SMILES string of the molecule is CCOC1O[C@H](CO)[C@H](O)[C@H]([123I])[C@H]1O. The largest absolute Gasteiger partial charge is 0.394 e. The molecule has 5 atom stereocenters. The highest BCUT2D eigenvalue weighted by molar-refractivity contribution is 14.1. The van der Waals surface area contributed by atoms with Crippen LogP contribution in [-0.2, 0) is 9.47 Å². The third-order valence-electron chi connectivity index (χ3n) is 2.13. The maximum Gasteiger partial charge on any atom is 0.185 e. The van der Waals surface area contributed by atoms with Crippen LogP contribution in [0.25, 0.3) is 0 Å². The number of rotatable bonds is 3. The predicted molar refractivity (Wildman–Crippen MR) is 57.2 cm³/mol. The fourth-order valence-corrected chi connectivity index (χ4v) is 2.15. The summed E-state index contributed by atoms with van der Waals surface area (Å²) in [6.45, 7) is 1.92. The first-order valence-electron chi connectivity index (χ1n) is 4.50. The molecule has 1 saturated heterocycles. The van der Waals surface area contributed by atoms with Gasteiger partial charge in [-0.25, -0.2) is 0 Å². The van der Waals surface area contributed by atoms with Gasteiger partial charge < -0.3 is 24.8 Å². The van der Waals surface area contributed by atoms with Crippen molar-refractivity contribution in [2.24, 2.45) is 0 Å². The minimum atomic E-state index is -0.868. The molecule has 0 bridgehead atoms. The highest BCUT2D eigenvalue weighted by Gasteiger charge is 2.43. The van der Waals surface area contributed by atoms with Crippen LogP contribution in [0.1, 0.15) is 6.92 Å². The Labute approximate surface area is 96.2 Å². The van der Waals surface area contributed by atoms with Gasteiger partial charge in [0.25, 0.3) is 0 Å². The van der Waals surface area contributed by atoms with E-state index < -0.39 is 28.5 Å². The average molecular weight is 314 g/mol. The zero-order valence-electron chi connectivity index (χ0n) is 7.84. The van der Waals surface area contributed by atoms with Gasteiger partial charge in [-0.1, -0.05) is 22.6 Å². The van der Waals surface area contributed by atoms with Gasteiger partial charge >= 0.3 is 0 Å². The molecule has 6 heteroatoms. The molecule has 1 fully saturated rings. The second kappa shape index (κ2) is 5.57. The van der Waals surface area contributed by atoms with Crippen LogP contribution >= 0.6 is 22.6 Å². The van der Waals surface area contributed by atoms with Crippen LogP contribution in [0.3, 0.4) is 0 Å². The van der Waals surface area contributed by atoms with E-state index in [1.807, 2.05) is 22.6 Å².